The van der Waals surface area contributed by atoms with Crippen molar-refractivity contribution in [3.05, 3.63) is 22.6 Å². The molecule has 0 fully saturated rings. The molecular formula is C10H14N4O2. The summed E-state index contributed by atoms with van der Waals surface area (Å²) in [5, 5.41) is 24.4. The van der Waals surface area contributed by atoms with Crippen molar-refractivity contribution < 1.29 is 10.4 Å². The van der Waals surface area contributed by atoms with Crippen LogP contribution in [0.1, 0.15) is 6.92 Å². The Morgan fingerprint density at radius 1 is 1.19 bits per heavy atom. The Kier molecular flexibility index (Phi) is 2.59. The van der Waals surface area contributed by atoms with E-state index < -0.39 is 0 Å². The molecule has 0 aromatic heterocycles. The SMILES string of the molecule is CCNc1ccc(N)c2c1=CN(O)N(O)C=2. The Hall–Kier alpha value is -1.92. The van der Waals surface area contributed by atoms with Gasteiger partial charge in [0.05, 0.1) is 12.4 Å². The van der Waals surface area contributed by atoms with Crippen molar-refractivity contribution in [3.63, 3.8) is 0 Å². The molecule has 0 aliphatic carbocycles. The maximum atomic E-state index is 9.36. The van der Waals surface area contributed by atoms with Gasteiger partial charge in [0.25, 0.3) is 0 Å². The number of anilines is 2. The van der Waals surface area contributed by atoms with Crippen LogP contribution < -0.4 is 21.5 Å². The molecule has 6 heteroatoms. The van der Waals surface area contributed by atoms with Gasteiger partial charge in [0.2, 0.25) is 0 Å². The zero-order valence-electron chi connectivity index (χ0n) is 8.88. The number of nitrogens with one attached hydrogen (secondary N) is 1. The Labute approximate surface area is 92.4 Å². The van der Waals surface area contributed by atoms with Crippen LogP contribution >= 0.6 is 0 Å². The molecular weight excluding hydrogens is 208 g/mol. The fourth-order valence-corrected chi connectivity index (χ4v) is 1.63. The highest BCUT2D eigenvalue weighted by Gasteiger charge is 2.10. The molecule has 1 aliphatic rings. The van der Waals surface area contributed by atoms with E-state index in [9.17, 15) is 10.4 Å². The Bertz CT molecular complexity index is 514. The van der Waals surface area contributed by atoms with Crippen LogP contribution in [0.3, 0.4) is 0 Å². The van der Waals surface area contributed by atoms with Gasteiger partial charge >= 0.3 is 0 Å². The molecule has 0 saturated heterocycles. The van der Waals surface area contributed by atoms with Crippen LogP contribution in [-0.4, -0.2) is 27.3 Å². The van der Waals surface area contributed by atoms with Crippen molar-refractivity contribution in [1.82, 2.24) is 10.3 Å². The summed E-state index contributed by atoms with van der Waals surface area (Å²) in [6.07, 6.45) is 2.75. The summed E-state index contributed by atoms with van der Waals surface area (Å²) in [5.74, 6) is 0. The molecule has 86 valence electrons. The summed E-state index contributed by atoms with van der Waals surface area (Å²) < 4.78 is 0. The second-order valence-electron chi connectivity index (χ2n) is 3.46. The number of hydrogen-bond donors (Lipinski definition) is 4. The largest absolute Gasteiger partial charge is 0.398 e. The van der Waals surface area contributed by atoms with Crippen LogP contribution in [0.4, 0.5) is 11.4 Å². The predicted octanol–water partition coefficient (Wildman–Crippen LogP) is -0.512. The van der Waals surface area contributed by atoms with E-state index >= 15 is 0 Å². The van der Waals surface area contributed by atoms with Crippen LogP contribution in [0.25, 0.3) is 12.4 Å². The topological polar surface area (TPSA) is 85.0 Å². The summed E-state index contributed by atoms with van der Waals surface area (Å²) in [6, 6.07) is 3.59. The third-order valence-corrected chi connectivity index (χ3v) is 2.39. The van der Waals surface area contributed by atoms with Gasteiger partial charge in [-0.2, -0.15) is 0 Å². The molecule has 0 atom stereocenters. The average molecular weight is 222 g/mol. The second kappa shape index (κ2) is 3.92. The van der Waals surface area contributed by atoms with Crippen molar-refractivity contribution >= 4 is 23.8 Å². The van der Waals surface area contributed by atoms with Gasteiger partial charge in [-0.15, -0.1) is 10.3 Å². The standard InChI is InChI=1S/C10H14N4O2/c1-2-12-10-4-3-9(11)7-5-13(15)14(16)6-8(7)10/h3-6,12,15-16H,2,11H2,1H3. The van der Waals surface area contributed by atoms with Gasteiger partial charge in [0.15, 0.2) is 0 Å². The molecule has 0 unspecified atom stereocenters. The first-order valence-corrected chi connectivity index (χ1v) is 4.95. The average Bonchev–Trinajstić information content (AvgIpc) is 2.25. The quantitative estimate of drug-likeness (QED) is 0.504. The number of nitrogens with zero attached hydrogens (tertiary/aromatic N) is 2. The zero-order chi connectivity index (χ0) is 11.7. The monoisotopic (exact) mass is 222 g/mol. The third-order valence-electron chi connectivity index (χ3n) is 2.39. The van der Waals surface area contributed by atoms with Gasteiger partial charge < -0.3 is 11.1 Å². The summed E-state index contributed by atoms with van der Waals surface area (Å²) in [6.45, 7) is 2.74. The molecule has 0 radical (unpaired) electrons. The summed E-state index contributed by atoms with van der Waals surface area (Å²) in [7, 11) is 0. The van der Waals surface area contributed by atoms with Gasteiger partial charge in [0.1, 0.15) is 0 Å². The molecule has 1 aliphatic heterocycles. The van der Waals surface area contributed by atoms with Crippen LogP contribution in [0.2, 0.25) is 0 Å². The number of hydroxylamine groups is 2. The lowest BCUT2D eigenvalue weighted by Gasteiger charge is -2.23. The molecule has 0 saturated carbocycles. The van der Waals surface area contributed by atoms with Gasteiger partial charge in [-0.1, -0.05) is 0 Å². The molecule has 2 rings (SSSR count). The first-order chi connectivity index (χ1) is 7.63. The van der Waals surface area contributed by atoms with Crippen LogP contribution in [0.5, 0.6) is 0 Å². The maximum absolute atomic E-state index is 9.36. The molecule has 1 heterocycles. The minimum atomic E-state index is 0.542. The van der Waals surface area contributed by atoms with Crippen LogP contribution in [0.15, 0.2) is 12.1 Å². The summed E-state index contributed by atoms with van der Waals surface area (Å²) >= 11 is 0. The molecule has 16 heavy (non-hydrogen) atoms. The van der Waals surface area contributed by atoms with Gasteiger partial charge in [-0.3, -0.25) is 10.4 Å². The zero-order valence-corrected chi connectivity index (χ0v) is 8.88. The number of benzene rings is 1. The molecule has 1 aromatic rings. The van der Waals surface area contributed by atoms with Crippen molar-refractivity contribution in [2.75, 3.05) is 17.6 Å². The fraction of sp³-hybridized carbons (Fsp3) is 0.200. The number of nitrogen functional groups attached to an aromatic ring is 1. The van der Waals surface area contributed by atoms with E-state index in [0.29, 0.717) is 21.3 Å². The summed E-state index contributed by atoms with van der Waals surface area (Å²) in [4.78, 5) is 0. The molecule has 5 N–H and O–H groups in total. The van der Waals surface area contributed by atoms with Crippen molar-refractivity contribution in [2.24, 2.45) is 0 Å². The minimum absolute atomic E-state index is 0.542. The lowest BCUT2D eigenvalue weighted by molar-refractivity contribution is -0.287. The van der Waals surface area contributed by atoms with Crippen LogP contribution in [0, 0.1) is 0 Å². The van der Waals surface area contributed by atoms with E-state index in [1.807, 2.05) is 13.0 Å². The van der Waals surface area contributed by atoms with E-state index in [2.05, 4.69) is 5.32 Å². The molecule has 0 spiro atoms. The fourth-order valence-electron chi connectivity index (χ4n) is 1.63. The smallest absolute Gasteiger partial charge is 0.0642 e. The number of rotatable bonds is 2. The van der Waals surface area contributed by atoms with Gasteiger partial charge in [0, 0.05) is 28.4 Å². The molecule has 1 aromatic carbocycles. The van der Waals surface area contributed by atoms with Crippen molar-refractivity contribution in [1.29, 1.82) is 0 Å². The van der Waals surface area contributed by atoms with E-state index in [0.717, 1.165) is 17.5 Å². The van der Waals surface area contributed by atoms with Gasteiger partial charge in [-0.25, -0.2) is 0 Å². The molecule has 0 amide bonds. The van der Waals surface area contributed by atoms with E-state index in [-0.39, 0.29) is 0 Å². The van der Waals surface area contributed by atoms with E-state index in [1.165, 1.54) is 12.4 Å². The first-order valence-electron chi connectivity index (χ1n) is 4.95. The van der Waals surface area contributed by atoms with Crippen molar-refractivity contribution in [3.8, 4) is 0 Å². The normalized spacial score (nSPS) is 13.9. The summed E-state index contributed by atoms with van der Waals surface area (Å²) in [5.41, 5.74) is 7.20. The number of hydrogen-bond acceptors (Lipinski definition) is 6. The molecule has 6 nitrogen and oxygen atoms in total. The lowest BCUT2D eigenvalue weighted by Crippen LogP contribution is -2.43. The minimum Gasteiger partial charge on any atom is -0.398 e. The highest BCUT2D eigenvalue weighted by Crippen LogP contribution is 2.04. The molecule has 0 bridgehead atoms. The number of hydrazine groups is 1. The first kappa shape index (κ1) is 10.6. The Morgan fingerprint density at radius 2 is 1.81 bits per heavy atom. The highest BCUT2D eigenvalue weighted by atomic mass is 16.7. The lowest BCUT2D eigenvalue weighted by atomic mass is 10.1. The second-order valence-corrected chi connectivity index (χ2v) is 3.46. The Morgan fingerprint density at radius 3 is 2.44 bits per heavy atom. The Balaban J connectivity index is 2.70. The number of nitrogens with two attached hydrogens (primary N) is 1. The van der Waals surface area contributed by atoms with Crippen molar-refractivity contribution in [2.45, 2.75) is 6.92 Å². The maximum Gasteiger partial charge on any atom is 0.0642 e. The predicted molar refractivity (Wildman–Crippen MR) is 60.4 cm³/mol. The highest BCUT2D eigenvalue weighted by molar-refractivity contribution is 5.59. The number of fused-ring (bicyclic) bond motifs is 1. The third kappa shape index (κ3) is 1.64. The van der Waals surface area contributed by atoms with Crippen LogP contribution in [-0.2, 0) is 0 Å². The van der Waals surface area contributed by atoms with Gasteiger partial charge in [-0.05, 0) is 19.1 Å². The van der Waals surface area contributed by atoms with E-state index in [4.69, 9.17) is 5.73 Å². The van der Waals surface area contributed by atoms with E-state index in [1.54, 1.807) is 6.07 Å².